The van der Waals surface area contributed by atoms with Crippen LogP contribution in [0.5, 0.6) is 5.75 Å². The number of aromatic nitrogens is 3. The van der Waals surface area contributed by atoms with E-state index >= 15 is 0 Å². The zero-order valence-electron chi connectivity index (χ0n) is 17.3. The van der Waals surface area contributed by atoms with Gasteiger partial charge in [-0.15, -0.1) is 0 Å². The monoisotopic (exact) mass is 445 g/mol. The van der Waals surface area contributed by atoms with E-state index in [2.05, 4.69) is 4.84 Å². The zero-order valence-corrected chi connectivity index (χ0v) is 17.3. The van der Waals surface area contributed by atoms with E-state index in [1.54, 1.807) is 59.1 Å². The first-order valence-corrected chi connectivity index (χ1v) is 9.90. The van der Waals surface area contributed by atoms with Gasteiger partial charge in [0, 0.05) is 22.9 Å². The SMILES string of the molecule is CO[N+](=O)c1ccc(-n2c(=O)c3ccccc3c3nc4ccc(OCC(=O)O)cn4c32)cc1. The van der Waals surface area contributed by atoms with Crippen molar-refractivity contribution < 1.29 is 24.4 Å². The highest BCUT2D eigenvalue weighted by Crippen LogP contribution is 2.28. The quantitative estimate of drug-likeness (QED) is 0.399. The summed E-state index contributed by atoms with van der Waals surface area (Å²) in [6, 6.07) is 16.9. The number of carboxylic acids is 1. The lowest BCUT2D eigenvalue weighted by Crippen LogP contribution is -2.20. The number of nitrogens with zero attached hydrogens (tertiary/aromatic N) is 4. The Morgan fingerprint density at radius 3 is 2.48 bits per heavy atom. The summed E-state index contributed by atoms with van der Waals surface area (Å²) in [6.07, 6.45) is 1.59. The van der Waals surface area contributed by atoms with Crippen LogP contribution in [-0.2, 0) is 9.63 Å². The van der Waals surface area contributed by atoms with Crippen molar-refractivity contribution >= 4 is 39.2 Å². The number of rotatable bonds is 6. The van der Waals surface area contributed by atoms with Gasteiger partial charge in [0.05, 0.1) is 16.8 Å². The molecule has 0 unspecified atom stereocenters. The Bertz CT molecular complexity index is 1620. The molecule has 0 amide bonds. The standard InChI is InChI=1S/C23H16N4O6/c1-32-27(31)15-8-6-14(7-9-15)26-22-21(17-4-2-3-5-18(17)23(26)30)24-19-11-10-16(12-25(19)22)33-13-20(28)29/h2-12H,13H2,1H3/p+1. The molecule has 0 saturated carbocycles. The van der Waals surface area contributed by atoms with Crippen molar-refractivity contribution in [3.05, 3.63) is 82.1 Å². The van der Waals surface area contributed by atoms with E-state index in [4.69, 9.17) is 14.8 Å². The molecule has 0 aliphatic rings. The van der Waals surface area contributed by atoms with Crippen molar-refractivity contribution in [2.45, 2.75) is 0 Å². The summed E-state index contributed by atoms with van der Waals surface area (Å²) >= 11 is 0. The van der Waals surface area contributed by atoms with Crippen LogP contribution in [0.3, 0.4) is 0 Å². The van der Waals surface area contributed by atoms with E-state index in [9.17, 15) is 14.5 Å². The summed E-state index contributed by atoms with van der Waals surface area (Å²) in [6.45, 7) is -0.499. The van der Waals surface area contributed by atoms with Crippen LogP contribution in [0.4, 0.5) is 5.69 Å². The first-order chi connectivity index (χ1) is 16.0. The fourth-order valence-electron chi connectivity index (χ4n) is 3.80. The van der Waals surface area contributed by atoms with Crippen molar-refractivity contribution in [3.8, 4) is 11.4 Å². The molecule has 3 heterocycles. The number of imidazole rings is 1. The molecule has 2 aromatic carbocycles. The lowest BCUT2D eigenvalue weighted by Gasteiger charge is -2.11. The highest BCUT2D eigenvalue weighted by molar-refractivity contribution is 6.04. The van der Waals surface area contributed by atoms with Crippen molar-refractivity contribution in [2.75, 3.05) is 13.7 Å². The lowest BCUT2D eigenvalue weighted by molar-refractivity contribution is -0.736. The molecule has 0 radical (unpaired) electrons. The van der Waals surface area contributed by atoms with Gasteiger partial charge in [0.25, 0.3) is 10.5 Å². The molecule has 5 rings (SSSR count). The molecule has 3 aromatic heterocycles. The highest BCUT2D eigenvalue weighted by Gasteiger charge is 2.20. The molecule has 0 aliphatic heterocycles. The minimum Gasteiger partial charge on any atom is -0.480 e. The van der Waals surface area contributed by atoms with Crippen LogP contribution < -0.4 is 10.3 Å². The third-order valence-electron chi connectivity index (χ3n) is 5.24. The Morgan fingerprint density at radius 2 is 1.79 bits per heavy atom. The van der Waals surface area contributed by atoms with Crippen LogP contribution in [0.25, 0.3) is 33.3 Å². The number of pyridine rings is 2. The maximum Gasteiger partial charge on any atom is 0.341 e. The van der Waals surface area contributed by atoms with Gasteiger partial charge in [0.1, 0.15) is 16.9 Å². The molecule has 0 fully saturated rings. The smallest absolute Gasteiger partial charge is 0.341 e. The predicted octanol–water partition coefficient (Wildman–Crippen LogP) is 3.23. The van der Waals surface area contributed by atoms with Crippen molar-refractivity contribution in [1.29, 1.82) is 0 Å². The first kappa shape index (κ1) is 20.2. The molecule has 10 nitrogen and oxygen atoms in total. The Balaban J connectivity index is 1.83. The van der Waals surface area contributed by atoms with Gasteiger partial charge in [-0.2, -0.15) is 0 Å². The van der Waals surface area contributed by atoms with Crippen LogP contribution in [0.2, 0.25) is 0 Å². The highest BCUT2D eigenvalue weighted by atomic mass is 16.8. The number of carboxylic acid groups (broad SMARTS) is 1. The topological polar surface area (TPSA) is 115 Å². The Labute approximate surface area is 185 Å². The van der Waals surface area contributed by atoms with Gasteiger partial charge >= 0.3 is 11.7 Å². The van der Waals surface area contributed by atoms with E-state index in [1.165, 1.54) is 11.7 Å². The number of hydrogen-bond donors (Lipinski definition) is 1. The van der Waals surface area contributed by atoms with Crippen LogP contribution in [0.1, 0.15) is 0 Å². The number of hydrogen-bond acceptors (Lipinski definition) is 6. The van der Waals surface area contributed by atoms with Gasteiger partial charge in [0.2, 0.25) is 0 Å². The summed E-state index contributed by atoms with van der Waals surface area (Å²) in [5.41, 5.74) is 2.14. The number of benzene rings is 2. The number of aliphatic carboxylic acids is 1. The predicted molar refractivity (Wildman–Crippen MR) is 119 cm³/mol. The van der Waals surface area contributed by atoms with Crippen LogP contribution in [0, 0.1) is 4.91 Å². The fourth-order valence-corrected chi connectivity index (χ4v) is 3.80. The summed E-state index contributed by atoms with van der Waals surface area (Å²) in [4.78, 5) is 46.0. The molecule has 0 aliphatic carbocycles. The van der Waals surface area contributed by atoms with Crippen LogP contribution in [-0.4, -0.2) is 43.7 Å². The van der Waals surface area contributed by atoms with E-state index in [0.29, 0.717) is 43.9 Å². The van der Waals surface area contributed by atoms with Crippen molar-refractivity contribution in [3.63, 3.8) is 0 Å². The van der Waals surface area contributed by atoms with Gasteiger partial charge in [-0.25, -0.2) is 14.6 Å². The molecule has 5 aromatic rings. The molecular formula is C23H17N4O6+. The third kappa shape index (κ3) is 3.33. The molecule has 1 N–H and O–H groups in total. The minimum atomic E-state index is -1.10. The van der Waals surface area contributed by atoms with E-state index in [0.717, 1.165) is 0 Å². The van der Waals surface area contributed by atoms with Gasteiger partial charge in [-0.3, -0.25) is 13.8 Å². The van der Waals surface area contributed by atoms with Crippen molar-refractivity contribution in [1.82, 2.24) is 14.0 Å². The molecule has 0 saturated heterocycles. The number of ether oxygens (including phenoxy) is 1. The molecule has 164 valence electrons. The largest absolute Gasteiger partial charge is 0.480 e. The van der Waals surface area contributed by atoms with E-state index in [1.807, 2.05) is 12.1 Å². The zero-order chi connectivity index (χ0) is 23.1. The molecule has 33 heavy (non-hydrogen) atoms. The molecule has 10 heteroatoms. The number of carbonyl (C=O) groups is 1. The van der Waals surface area contributed by atoms with Crippen LogP contribution >= 0.6 is 0 Å². The van der Waals surface area contributed by atoms with Crippen molar-refractivity contribution in [2.24, 2.45) is 0 Å². The lowest BCUT2D eigenvalue weighted by atomic mass is 10.1. The summed E-state index contributed by atoms with van der Waals surface area (Å²) in [5, 5.41) is 10.1. The molecule has 0 atom stereocenters. The fraction of sp³-hybridized carbons (Fsp3) is 0.0870. The maximum atomic E-state index is 13.6. The summed E-state index contributed by atoms with van der Waals surface area (Å²) in [5.74, 6) is -0.786. The summed E-state index contributed by atoms with van der Waals surface area (Å²) in [7, 11) is 1.26. The third-order valence-corrected chi connectivity index (χ3v) is 5.24. The van der Waals surface area contributed by atoms with E-state index in [-0.39, 0.29) is 11.2 Å². The van der Waals surface area contributed by atoms with E-state index < -0.39 is 12.6 Å². The average molecular weight is 445 g/mol. The maximum absolute atomic E-state index is 13.6. The Hall–Kier alpha value is -4.73. The number of fused-ring (bicyclic) bond motifs is 5. The Morgan fingerprint density at radius 1 is 1.06 bits per heavy atom. The molecule has 0 spiro atoms. The first-order valence-electron chi connectivity index (χ1n) is 9.90. The van der Waals surface area contributed by atoms with Gasteiger partial charge in [0.15, 0.2) is 19.4 Å². The second-order valence-corrected chi connectivity index (χ2v) is 7.20. The Kier molecular flexibility index (Phi) is 4.74. The summed E-state index contributed by atoms with van der Waals surface area (Å²) < 4.78 is 8.51. The average Bonchev–Trinajstić information content (AvgIpc) is 3.21. The molecular weight excluding hydrogens is 428 g/mol. The van der Waals surface area contributed by atoms with Gasteiger partial charge < -0.3 is 9.84 Å². The van der Waals surface area contributed by atoms with Gasteiger partial charge in [-0.05, 0) is 30.3 Å². The minimum absolute atomic E-state index is 0.268. The van der Waals surface area contributed by atoms with Gasteiger partial charge in [-0.1, -0.05) is 18.2 Å². The molecule has 0 bridgehead atoms. The second kappa shape index (κ2) is 7.75. The normalized spacial score (nSPS) is 11.2. The van der Waals surface area contributed by atoms with Crippen LogP contribution in [0.15, 0.2) is 71.7 Å². The second-order valence-electron chi connectivity index (χ2n) is 7.20.